The number of unbranched alkanes of at least 4 members (excludes halogenated alkanes) is 9. The first kappa shape index (κ1) is 17.3. The van der Waals surface area contributed by atoms with Crippen LogP contribution in [-0.4, -0.2) is 5.11 Å². The van der Waals surface area contributed by atoms with E-state index in [2.05, 4.69) is 6.92 Å². The SMILES string of the molecule is CCCCCCCCCCCCC(O)c1occc1C. The van der Waals surface area contributed by atoms with Gasteiger partial charge in [-0.2, -0.15) is 0 Å². The number of hydrogen-bond donors (Lipinski definition) is 1. The van der Waals surface area contributed by atoms with Crippen molar-refractivity contribution in [1.29, 1.82) is 0 Å². The Morgan fingerprint density at radius 3 is 2.00 bits per heavy atom. The number of furan rings is 1. The molecule has 2 nitrogen and oxygen atoms in total. The molecule has 0 aromatic carbocycles. The molecule has 0 radical (unpaired) electrons. The second-order valence-corrected chi connectivity index (χ2v) is 5.95. The van der Waals surface area contributed by atoms with Crippen molar-refractivity contribution in [1.82, 2.24) is 0 Å². The van der Waals surface area contributed by atoms with E-state index in [1.54, 1.807) is 6.26 Å². The van der Waals surface area contributed by atoms with Gasteiger partial charge in [0, 0.05) is 0 Å². The Hall–Kier alpha value is -0.760. The molecule has 1 rings (SSSR count). The molecule has 0 spiro atoms. The van der Waals surface area contributed by atoms with E-state index >= 15 is 0 Å². The molecule has 0 saturated heterocycles. The van der Waals surface area contributed by atoms with Crippen molar-refractivity contribution in [2.24, 2.45) is 0 Å². The van der Waals surface area contributed by atoms with E-state index in [-0.39, 0.29) is 0 Å². The van der Waals surface area contributed by atoms with Crippen molar-refractivity contribution in [3.8, 4) is 0 Å². The Kier molecular flexibility index (Phi) is 9.48. The first-order chi connectivity index (χ1) is 9.75. The highest BCUT2D eigenvalue weighted by Gasteiger charge is 2.12. The Morgan fingerprint density at radius 1 is 0.950 bits per heavy atom. The molecule has 0 aliphatic carbocycles. The Labute approximate surface area is 124 Å². The first-order valence-electron chi connectivity index (χ1n) is 8.47. The highest BCUT2D eigenvalue weighted by Crippen LogP contribution is 2.23. The third-order valence-corrected chi connectivity index (χ3v) is 4.04. The maximum atomic E-state index is 10.0. The summed E-state index contributed by atoms with van der Waals surface area (Å²) in [4.78, 5) is 0. The summed E-state index contributed by atoms with van der Waals surface area (Å²) in [5.74, 6) is 0.751. The molecular formula is C18H32O2. The van der Waals surface area contributed by atoms with Gasteiger partial charge in [-0.15, -0.1) is 0 Å². The van der Waals surface area contributed by atoms with Crippen LogP contribution in [0.5, 0.6) is 0 Å². The molecule has 0 amide bonds. The van der Waals surface area contributed by atoms with Crippen LogP contribution in [0, 0.1) is 6.92 Å². The lowest BCUT2D eigenvalue weighted by Crippen LogP contribution is -1.97. The van der Waals surface area contributed by atoms with E-state index in [9.17, 15) is 5.11 Å². The second-order valence-electron chi connectivity index (χ2n) is 5.95. The third kappa shape index (κ3) is 7.14. The predicted octanol–water partition coefficient (Wildman–Crippen LogP) is 5.93. The molecule has 20 heavy (non-hydrogen) atoms. The molecular weight excluding hydrogens is 248 g/mol. The molecule has 0 aliphatic rings. The molecule has 0 saturated carbocycles. The van der Waals surface area contributed by atoms with E-state index in [1.807, 2.05) is 13.0 Å². The fraction of sp³-hybridized carbons (Fsp3) is 0.778. The molecule has 1 N–H and O–H groups in total. The van der Waals surface area contributed by atoms with Gasteiger partial charge in [0.15, 0.2) is 0 Å². The Bertz CT molecular complexity index is 330. The summed E-state index contributed by atoms with van der Waals surface area (Å²) in [7, 11) is 0. The molecule has 116 valence electrons. The van der Waals surface area contributed by atoms with E-state index in [4.69, 9.17) is 4.42 Å². The average Bonchev–Trinajstić information content (AvgIpc) is 2.87. The summed E-state index contributed by atoms with van der Waals surface area (Å²) in [5.41, 5.74) is 1.06. The number of aliphatic hydroxyl groups excluding tert-OH is 1. The summed E-state index contributed by atoms with van der Waals surface area (Å²) in [6, 6.07) is 1.91. The molecule has 1 aromatic rings. The van der Waals surface area contributed by atoms with Crippen molar-refractivity contribution in [3.05, 3.63) is 23.7 Å². The van der Waals surface area contributed by atoms with Gasteiger partial charge in [0.1, 0.15) is 11.9 Å². The van der Waals surface area contributed by atoms with Gasteiger partial charge in [-0.25, -0.2) is 0 Å². The van der Waals surface area contributed by atoms with E-state index < -0.39 is 6.10 Å². The van der Waals surface area contributed by atoms with E-state index in [0.717, 1.165) is 24.2 Å². The first-order valence-corrected chi connectivity index (χ1v) is 8.47. The van der Waals surface area contributed by atoms with E-state index in [1.165, 1.54) is 57.8 Å². The van der Waals surface area contributed by atoms with Crippen LogP contribution >= 0.6 is 0 Å². The second kappa shape index (κ2) is 11.0. The van der Waals surface area contributed by atoms with Crippen LogP contribution in [0.25, 0.3) is 0 Å². The van der Waals surface area contributed by atoms with Crippen molar-refractivity contribution in [2.45, 2.75) is 90.6 Å². The van der Waals surface area contributed by atoms with Crippen molar-refractivity contribution in [2.75, 3.05) is 0 Å². The van der Waals surface area contributed by atoms with Gasteiger partial charge in [0.05, 0.1) is 6.26 Å². The molecule has 1 aromatic heterocycles. The normalized spacial score (nSPS) is 12.8. The smallest absolute Gasteiger partial charge is 0.135 e. The third-order valence-electron chi connectivity index (χ3n) is 4.04. The molecule has 0 bridgehead atoms. The number of hydrogen-bond acceptors (Lipinski definition) is 2. The minimum Gasteiger partial charge on any atom is -0.466 e. The lowest BCUT2D eigenvalue weighted by Gasteiger charge is -2.08. The lowest BCUT2D eigenvalue weighted by molar-refractivity contribution is 0.136. The quantitative estimate of drug-likeness (QED) is 0.481. The topological polar surface area (TPSA) is 33.4 Å². The van der Waals surface area contributed by atoms with Crippen molar-refractivity contribution < 1.29 is 9.52 Å². The van der Waals surface area contributed by atoms with Gasteiger partial charge in [-0.1, -0.05) is 71.1 Å². The lowest BCUT2D eigenvalue weighted by atomic mass is 10.0. The van der Waals surface area contributed by atoms with Crippen molar-refractivity contribution in [3.63, 3.8) is 0 Å². The van der Waals surface area contributed by atoms with Crippen molar-refractivity contribution >= 4 is 0 Å². The average molecular weight is 280 g/mol. The summed E-state index contributed by atoms with van der Waals surface area (Å²) < 4.78 is 5.32. The van der Waals surface area contributed by atoms with E-state index in [0.29, 0.717) is 0 Å². The molecule has 2 heteroatoms. The number of aryl methyl sites for hydroxylation is 1. The Morgan fingerprint density at radius 2 is 1.50 bits per heavy atom. The highest BCUT2D eigenvalue weighted by atomic mass is 16.4. The van der Waals surface area contributed by atoms with Crippen LogP contribution in [-0.2, 0) is 0 Å². The summed E-state index contributed by atoms with van der Waals surface area (Å²) in [6.07, 6.45) is 15.4. The molecule has 1 atom stereocenters. The van der Waals surface area contributed by atoms with Crippen LogP contribution in [0.15, 0.2) is 16.7 Å². The van der Waals surface area contributed by atoms with Gasteiger partial charge >= 0.3 is 0 Å². The van der Waals surface area contributed by atoms with Crippen LogP contribution in [0.2, 0.25) is 0 Å². The minimum atomic E-state index is -0.418. The standard InChI is InChI=1S/C18H32O2/c1-3-4-5-6-7-8-9-10-11-12-13-17(19)18-16(2)14-15-20-18/h14-15,17,19H,3-13H2,1-2H3. The summed E-state index contributed by atoms with van der Waals surface area (Å²) in [6.45, 7) is 4.25. The fourth-order valence-electron chi connectivity index (χ4n) is 2.68. The number of aliphatic hydroxyl groups is 1. The number of rotatable bonds is 12. The highest BCUT2D eigenvalue weighted by molar-refractivity contribution is 5.16. The van der Waals surface area contributed by atoms with Crippen LogP contribution < -0.4 is 0 Å². The molecule has 0 fully saturated rings. The minimum absolute atomic E-state index is 0.418. The molecule has 1 unspecified atom stereocenters. The fourth-order valence-corrected chi connectivity index (χ4v) is 2.68. The van der Waals surface area contributed by atoms with Gasteiger partial charge in [0.25, 0.3) is 0 Å². The largest absolute Gasteiger partial charge is 0.466 e. The summed E-state index contributed by atoms with van der Waals surface area (Å²) in [5, 5.41) is 10.0. The Balaban J connectivity index is 1.91. The maximum Gasteiger partial charge on any atom is 0.135 e. The van der Waals surface area contributed by atoms with Gasteiger partial charge in [-0.3, -0.25) is 0 Å². The molecule has 0 aliphatic heterocycles. The van der Waals surface area contributed by atoms with Gasteiger partial charge in [-0.05, 0) is 25.0 Å². The zero-order valence-electron chi connectivity index (χ0n) is 13.4. The van der Waals surface area contributed by atoms with Gasteiger partial charge in [0.2, 0.25) is 0 Å². The zero-order valence-corrected chi connectivity index (χ0v) is 13.4. The van der Waals surface area contributed by atoms with Crippen LogP contribution in [0.4, 0.5) is 0 Å². The molecule has 1 heterocycles. The van der Waals surface area contributed by atoms with Gasteiger partial charge < -0.3 is 9.52 Å². The zero-order chi connectivity index (χ0) is 14.6. The van der Waals surface area contributed by atoms with Crippen LogP contribution in [0.1, 0.15) is 95.0 Å². The predicted molar refractivity (Wildman–Crippen MR) is 84.9 cm³/mol. The maximum absolute atomic E-state index is 10.0. The monoisotopic (exact) mass is 280 g/mol. The summed E-state index contributed by atoms with van der Waals surface area (Å²) >= 11 is 0. The van der Waals surface area contributed by atoms with Crippen LogP contribution in [0.3, 0.4) is 0 Å².